The fourth-order valence-electron chi connectivity index (χ4n) is 0.386. The second kappa shape index (κ2) is 4.87. The molecule has 0 aromatic rings. The molecule has 0 bridgehead atoms. The molecule has 0 aliphatic carbocycles. The van der Waals surface area contributed by atoms with Gasteiger partial charge < -0.3 is 5.11 Å². The summed E-state index contributed by atoms with van der Waals surface area (Å²) in [5, 5.41) is 8.77. The normalized spacial score (nSPS) is 12.3. The van der Waals surface area contributed by atoms with Crippen molar-refractivity contribution in [2.24, 2.45) is 0 Å². The number of hydrogen-bond acceptors (Lipinski definition) is 3. The highest BCUT2D eigenvalue weighted by Crippen LogP contribution is 1.82. The molecule has 0 radical (unpaired) electrons. The van der Waals surface area contributed by atoms with Gasteiger partial charge in [0.25, 0.3) is 5.91 Å². The molecule has 0 fully saturated rings. The number of nitrogens with one attached hydrogen (secondary N) is 2. The Morgan fingerprint density at radius 2 is 2.27 bits per heavy atom. The predicted octanol–water partition coefficient (Wildman–Crippen LogP) is -0.436. The van der Waals surface area contributed by atoms with Gasteiger partial charge in [-0.3, -0.25) is 10.2 Å². The van der Waals surface area contributed by atoms with Gasteiger partial charge in [-0.15, -0.1) is 0 Å². The third kappa shape index (κ3) is 5.57. The van der Waals surface area contributed by atoms with Crippen LogP contribution >= 0.6 is 0 Å². The smallest absolute Gasteiger partial charge is 0.260 e. The van der Waals surface area contributed by atoms with Crippen LogP contribution in [-0.2, 0) is 4.79 Å². The van der Waals surface area contributed by atoms with E-state index in [1.807, 2.05) is 0 Å². The Labute approximate surface area is 66.3 Å². The SMILES string of the molecule is C=C(C)C(=O)NNCC(C)O. The van der Waals surface area contributed by atoms with Crippen molar-refractivity contribution in [3.8, 4) is 0 Å². The van der Waals surface area contributed by atoms with Gasteiger partial charge in [0, 0.05) is 12.1 Å². The van der Waals surface area contributed by atoms with Crippen LogP contribution in [-0.4, -0.2) is 23.7 Å². The molecular formula is C7H14N2O2. The molecule has 0 saturated carbocycles. The fraction of sp³-hybridized carbons (Fsp3) is 0.571. The van der Waals surface area contributed by atoms with Crippen LogP contribution < -0.4 is 10.9 Å². The average molecular weight is 158 g/mol. The first-order chi connectivity index (χ1) is 5.04. The van der Waals surface area contributed by atoms with E-state index in [1.165, 1.54) is 0 Å². The Balaban J connectivity index is 3.40. The summed E-state index contributed by atoms with van der Waals surface area (Å²) in [7, 11) is 0. The van der Waals surface area contributed by atoms with Gasteiger partial charge in [-0.05, 0) is 13.8 Å². The zero-order chi connectivity index (χ0) is 8.85. The second-order valence-corrected chi connectivity index (χ2v) is 2.46. The summed E-state index contributed by atoms with van der Waals surface area (Å²) < 4.78 is 0. The summed E-state index contributed by atoms with van der Waals surface area (Å²) in [6.45, 7) is 7.01. The number of hydrogen-bond donors (Lipinski definition) is 3. The maximum atomic E-state index is 10.8. The van der Waals surface area contributed by atoms with Crippen LogP contribution in [0.15, 0.2) is 12.2 Å². The molecule has 0 aliphatic rings. The van der Waals surface area contributed by atoms with Crippen molar-refractivity contribution >= 4 is 5.91 Å². The maximum Gasteiger partial charge on any atom is 0.260 e. The molecule has 1 atom stereocenters. The molecule has 0 spiro atoms. The maximum absolute atomic E-state index is 10.8. The molecule has 1 amide bonds. The molecular weight excluding hydrogens is 144 g/mol. The van der Waals surface area contributed by atoms with Crippen molar-refractivity contribution in [3.63, 3.8) is 0 Å². The van der Waals surface area contributed by atoms with Crippen LogP contribution in [0.3, 0.4) is 0 Å². The number of carbonyl (C=O) groups excluding carboxylic acids is 1. The lowest BCUT2D eigenvalue weighted by molar-refractivity contribution is -0.118. The second-order valence-electron chi connectivity index (χ2n) is 2.46. The highest BCUT2D eigenvalue weighted by atomic mass is 16.3. The number of aliphatic hydroxyl groups is 1. The van der Waals surface area contributed by atoms with E-state index in [9.17, 15) is 4.79 Å². The largest absolute Gasteiger partial charge is 0.392 e. The summed E-state index contributed by atoms with van der Waals surface area (Å²) in [5.74, 6) is -0.259. The van der Waals surface area contributed by atoms with Crippen LogP contribution in [0.2, 0.25) is 0 Å². The van der Waals surface area contributed by atoms with Crippen molar-refractivity contribution in [2.45, 2.75) is 20.0 Å². The lowest BCUT2D eigenvalue weighted by atomic mass is 10.3. The Kier molecular flexibility index (Phi) is 4.49. The lowest BCUT2D eigenvalue weighted by Gasteiger charge is -2.07. The number of amides is 1. The molecule has 0 saturated heterocycles. The summed E-state index contributed by atoms with van der Waals surface area (Å²) >= 11 is 0. The number of carbonyl (C=O) groups is 1. The van der Waals surface area contributed by atoms with Crippen LogP contribution in [0.4, 0.5) is 0 Å². The van der Waals surface area contributed by atoms with E-state index in [0.717, 1.165) is 0 Å². The highest BCUT2D eigenvalue weighted by molar-refractivity contribution is 5.91. The third-order valence-electron chi connectivity index (χ3n) is 0.987. The molecule has 11 heavy (non-hydrogen) atoms. The first kappa shape index (κ1) is 10.1. The monoisotopic (exact) mass is 158 g/mol. The first-order valence-electron chi connectivity index (χ1n) is 3.41. The van der Waals surface area contributed by atoms with Crippen molar-refractivity contribution in [1.29, 1.82) is 0 Å². The molecule has 1 unspecified atom stereocenters. The van der Waals surface area contributed by atoms with Gasteiger partial charge in [0.05, 0.1) is 6.10 Å². The summed E-state index contributed by atoms with van der Waals surface area (Å²) in [6, 6.07) is 0. The van der Waals surface area contributed by atoms with Gasteiger partial charge in [0.1, 0.15) is 0 Å². The fourth-order valence-corrected chi connectivity index (χ4v) is 0.386. The molecule has 4 heteroatoms. The Morgan fingerprint density at radius 3 is 2.64 bits per heavy atom. The zero-order valence-electron chi connectivity index (χ0n) is 6.85. The van der Waals surface area contributed by atoms with Gasteiger partial charge in [0.2, 0.25) is 0 Å². The van der Waals surface area contributed by atoms with Gasteiger partial charge in [-0.2, -0.15) is 0 Å². The van der Waals surface area contributed by atoms with Crippen LogP contribution in [0.5, 0.6) is 0 Å². The number of aliphatic hydroxyl groups excluding tert-OH is 1. The summed E-state index contributed by atoms with van der Waals surface area (Å²) in [4.78, 5) is 10.8. The van der Waals surface area contributed by atoms with Gasteiger partial charge in [-0.1, -0.05) is 6.58 Å². The summed E-state index contributed by atoms with van der Waals surface area (Å²) in [5.41, 5.74) is 5.35. The number of rotatable bonds is 4. The molecule has 0 aliphatic heterocycles. The Hall–Kier alpha value is -0.870. The highest BCUT2D eigenvalue weighted by Gasteiger charge is 1.99. The Morgan fingerprint density at radius 1 is 1.73 bits per heavy atom. The topological polar surface area (TPSA) is 61.4 Å². The number of hydrazine groups is 1. The van der Waals surface area contributed by atoms with E-state index in [1.54, 1.807) is 13.8 Å². The van der Waals surface area contributed by atoms with E-state index < -0.39 is 6.10 Å². The van der Waals surface area contributed by atoms with E-state index in [4.69, 9.17) is 5.11 Å². The van der Waals surface area contributed by atoms with Crippen molar-refractivity contribution < 1.29 is 9.90 Å². The first-order valence-corrected chi connectivity index (χ1v) is 3.41. The molecule has 3 N–H and O–H groups in total. The standard InChI is InChI=1S/C7H14N2O2/c1-5(2)7(11)9-8-4-6(3)10/h6,8,10H,1,4H2,2-3H3,(H,9,11). The van der Waals surface area contributed by atoms with Crippen molar-refractivity contribution in [3.05, 3.63) is 12.2 Å². The van der Waals surface area contributed by atoms with E-state index in [-0.39, 0.29) is 5.91 Å². The van der Waals surface area contributed by atoms with Gasteiger partial charge in [0.15, 0.2) is 0 Å². The van der Waals surface area contributed by atoms with Crippen LogP contribution in [0, 0.1) is 0 Å². The van der Waals surface area contributed by atoms with Crippen LogP contribution in [0.25, 0.3) is 0 Å². The Bertz CT molecular complexity index is 155. The minimum Gasteiger partial charge on any atom is -0.392 e. The minimum atomic E-state index is -0.472. The van der Waals surface area contributed by atoms with Gasteiger partial charge >= 0.3 is 0 Å². The molecule has 4 nitrogen and oxygen atoms in total. The zero-order valence-corrected chi connectivity index (χ0v) is 6.85. The van der Waals surface area contributed by atoms with Gasteiger partial charge in [-0.25, -0.2) is 5.43 Å². The quantitative estimate of drug-likeness (QED) is 0.384. The predicted molar refractivity (Wildman–Crippen MR) is 42.6 cm³/mol. The average Bonchev–Trinajstić information content (AvgIpc) is 1.86. The molecule has 0 rings (SSSR count). The molecule has 0 aromatic carbocycles. The van der Waals surface area contributed by atoms with E-state index in [0.29, 0.717) is 12.1 Å². The molecule has 0 aromatic heterocycles. The third-order valence-corrected chi connectivity index (χ3v) is 0.987. The minimum absolute atomic E-state index is 0.259. The van der Waals surface area contributed by atoms with E-state index >= 15 is 0 Å². The molecule has 0 heterocycles. The molecule has 64 valence electrons. The van der Waals surface area contributed by atoms with E-state index in [2.05, 4.69) is 17.4 Å². The summed E-state index contributed by atoms with van der Waals surface area (Å²) in [6.07, 6.45) is -0.472. The van der Waals surface area contributed by atoms with Crippen molar-refractivity contribution in [2.75, 3.05) is 6.54 Å². The lowest BCUT2D eigenvalue weighted by Crippen LogP contribution is -2.41. The van der Waals surface area contributed by atoms with Crippen molar-refractivity contribution in [1.82, 2.24) is 10.9 Å². The van der Waals surface area contributed by atoms with Crippen LogP contribution in [0.1, 0.15) is 13.8 Å².